The van der Waals surface area contributed by atoms with Crippen molar-refractivity contribution in [2.24, 2.45) is 0 Å². The Kier molecular flexibility index (Phi) is 7.59. The second-order valence-corrected chi connectivity index (χ2v) is 8.39. The number of hydrogen-bond donors (Lipinski definition) is 1. The van der Waals surface area contributed by atoms with Crippen molar-refractivity contribution in [3.8, 4) is 11.5 Å². The summed E-state index contributed by atoms with van der Waals surface area (Å²) in [6.45, 7) is 7.09. The lowest BCUT2D eigenvalue weighted by atomic mass is 9.95. The van der Waals surface area contributed by atoms with Gasteiger partial charge in [0.25, 0.3) is 11.7 Å². The number of aryl methyl sites for hydroxylation is 1. The van der Waals surface area contributed by atoms with Crippen molar-refractivity contribution in [1.82, 2.24) is 14.3 Å². The number of imidazole rings is 1. The van der Waals surface area contributed by atoms with E-state index in [1.165, 1.54) is 4.90 Å². The highest BCUT2D eigenvalue weighted by Crippen LogP contribution is 2.42. The van der Waals surface area contributed by atoms with Gasteiger partial charge in [-0.2, -0.15) is 0 Å². The van der Waals surface area contributed by atoms with Crippen LogP contribution >= 0.6 is 0 Å². The number of rotatable bonds is 10. The van der Waals surface area contributed by atoms with E-state index in [1.807, 2.05) is 32.0 Å². The Balaban J connectivity index is 1.91. The molecule has 9 heteroatoms. The number of ether oxygens (including phenoxy) is 3. The van der Waals surface area contributed by atoms with Crippen LogP contribution in [0.25, 0.3) is 11.4 Å². The predicted octanol–water partition coefficient (Wildman–Crippen LogP) is 3.90. The summed E-state index contributed by atoms with van der Waals surface area (Å²) in [5.41, 5.74) is 2.19. The number of fused-ring (bicyclic) bond motifs is 1. The van der Waals surface area contributed by atoms with Crippen molar-refractivity contribution in [2.75, 3.05) is 33.5 Å². The van der Waals surface area contributed by atoms with E-state index in [-0.39, 0.29) is 17.9 Å². The van der Waals surface area contributed by atoms with Gasteiger partial charge in [0.15, 0.2) is 17.3 Å². The van der Waals surface area contributed by atoms with E-state index in [0.29, 0.717) is 60.3 Å². The zero-order valence-electron chi connectivity index (χ0n) is 21.0. The van der Waals surface area contributed by atoms with Gasteiger partial charge < -0.3 is 24.2 Å². The number of likely N-dealkylation sites (tertiary alicyclic amines) is 1. The van der Waals surface area contributed by atoms with Crippen molar-refractivity contribution in [2.45, 2.75) is 33.2 Å². The fraction of sp³-hybridized carbons (Fsp3) is 0.370. The smallest absolute Gasteiger partial charge is 0.295 e. The molecule has 2 aromatic heterocycles. The van der Waals surface area contributed by atoms with Crippen LogP contribution in [-0.4, -0.2) is 64.6 Å². The van der Waals surface area contributed by atoms with E-state index >= 15 is 0 Å². The molecule has 1 N–H and O–H groups in total. The quantitative estimate of drug-likeness (QED) is 0.198. The number of carbonyl (C=O) groups is 2. The molecule has 1 fully saturated rings. The number of benzene rings is 1. The summed E-state index contributed by atoms with van der Waals surface area (Å²) in [4.78, 5) is 32.6. The lowest BCUT2D eigenvalue weighted by molar-refractivity contribution is -0.140. The maximum atomic E-state index is 13.4. The van der Waals surface area contributed by atoms with E-state index in [0.717, 1.165) is 0 Å². The third-order valence-corrected chi connectivity index (χ3v) is 6.10. The summed E-state index contributed by atoms with van der Waals surface area (Å²) in [6, 6.07) is 9.97. The Bertz CT molecular complexity index is 1310. The highest BCUT2D eigenvalue weighted by Gasteiger charge is 2.46. The minimum atomic E-state index is -0.814. The van der Waals surface area contributed by atoms with Crippen molar-refractivity contribution < 1.29 is 28.9 Å². The SMILES string of the molecule is CCOc1ccc(C2/C(=C(\O)c3c(C)nc4ccccn34)C(=O)C(=O)N2CCCOC)cc1OCC. The number of aliphatic hydroxyl groups excluding tert-OH is 1. The lowest BCUT2D eigenvalue weighted by Gasteiger charge is -2.26. The second kappa shape index (κ2) is 10.8. The minimum absolute atomic E-state index is 0.0118. The van der Waals surface area contributed by atoms with Crippen molar-refractivity contribution >= 4 is 23.1 Å². The Labute approximate surface area is 209 Å². The topological polar surface area (TPSA) is 103 Å². The fourth-order valence-electron chi connectivity index (χ4n) is 4.60. The van der Waals surface area contributed by atoms with E-state index in [9.17, 15) is 14.7 Å². The van der Waals surface area contributed by atoms with Gasteiger partial charge in [0.1, 0.15) is 11.3 Å². The molecular formula is C27H31N3O6. The molecule has 1 atom stereocenters. The fourth-order valence-corrected chi connectivity index (χ4v) is 4.60. The summed E-state index contributed by atoms with van der Waals surface area (Å²) in [5.74, 6) is -0.610. The van der Waals surface area contributed by atoms with E-state index in [2.05, 4.69) is 4.98 Å². The molecule has 0 aliphatic carbocycles. The first-order chi connectivity index (χ1) is 17.4. The highest BCUT2D eigenvalue weighted by molar-refractivity contribution is 6.46. The summed E-state index contributed by atoms with van der Waals surface area (Å²) in [6.07, 6.45) is 2.29. The van der Waals surface area contributed by atoms with E-state index in [4.69, 9.17) is 14.2 Å². The lowest BCUT2D eigenvalue weighted by Crippen LogP contribution is -2.31. The Hall–Kier alpha value is -3.85. The number of hydrogen-bond acceptors (Lipinski definition) is 7. The van der Waals surface area contributed by atoms with Gasteiger partial charge in [0.05, 0.1) is 30.5 Å². The first-order valence-corrected chi connectivity index (χ1v) is 12.0. The molecular weight excluding hydrogens is 462 g/mol. The molecule has 9 nitrogen and oxygen atoms in total. The van der Waals surface area contributed by atoms with Gasteiger partial charge in [-0.1, -0.05) is 12.1 Å². The van der Waals surface area contributed by atoms with Crippen LogP contribution in [0.3, 0.4) is 0 Å². The average molecular weight is 494 g/mol. The van der Waals surface area contributed by atoms with Crippen LogP contribution in [0.2, 0.25) is 0 Å². The van der Waals surface area contributed by atoms with Crippen molar-refractivity contribution in [1.29, 1.82) is 0 Å². The molecule has 1 unspecified atom stereocenters. The zero-order chi connectivity index (χ0) is 25.8. The molecule has 3 heterocycles. The highest BCUT2D eigenvalue weighted by atomic mass is 16.5. The first-order valence-electron chi connectivity index (χ1n) is 12.0. The Morgan fingerprint density at radius 3 is 2.56 bits per heavy atom. The van der Waals surface area contributed by atoms with Crippen molar-refractivity contribution in [3.05, 3.63) is 65.1 Å². The molecule has 1 saturated heterocycles. The minimum Gasteiger partial charge on any atom is -0.505 e. The third-order valence-electron chi connectivity index (χ3n) is 6.10. The van der Waals surface area contributed by atoms with Crippen LogP contribution in [0.15, 0.2) is 48.2 Å². The largest absolute Gasteiger partial charge is 0.505 e. The number of methoxy groups -OCH3 is 1. The summed E-state index contributed by atoms with van der Waals surface area (Å²) >= 11 is 0. The first kappa shape index (κ1) is 25.2. The van der Waals surface area contributed by atoms with Gasteiger partial charge in [-0.25, -0.2) is 4.98 Å². The van der Waals surface area contributed by atoms with Gasteiger partial charge in [0, 0.05) is 26.5 Å². The summed E-state index contributed by atoms with van der Waals surface area (Å²) < 4.78 is 18.4. The summed E-state index contributed by atoms with van der Waals surface area (Å²) in [5, 5.41) is 11.5. The molecule has 4 rings (SSSR count). The van der Waals surface area contributed by atoms with Crippen LogP contribution < -0.4 is 9.47 Å². The molecule has 1 aliphatic rings. The number of amides is 1. The monoisotopic (exact) mass is 493 g/mol. The summed E-state index contributed by atoms with van der Waals surface area (Å²) in [7, 11) is 1.58. The van der Waals surface area contributed by atoms with E-state index < -0.39 is 17.7 Å². The molecule has 0 bridgehead atoms. The molecule has 36 heavy (non-hydrogen) atoms. The standard InChI is InChI=1S/C27H31N3O6/c1-5-35-19-12-11-18(16-20(19)36-6-2)24-22(26(32)27(33)30(24)14-9-15-34-4)25(31)23-17(3)28-21-10-7-8-13-29(21)23/h7-8,10-13,16,24,31H,5-6,9,14-15H2,1-4H3/b25-22+. The van der Waals surface area contributed by atoms with Crippen LogP contribution in [0.5, 0.6) is 11.5 Å². The Morgan fingerprint density at radius 2 is 1.83 bits per heavy atom. The molecule has 190 valence electrons. The maximum Gasteiger partial charge on any atom is 0.295 e. The molecule has 1 aliphatic heterocycles. The van der Waals surface area contributed by atoms with Gasteiger partial charge in [-0.3, -0.25) is 14.0 Å². The molecule has 1 aromatic carbocycles. The van der Waals surface area contributed by atoms with Crippen LogP contribution in [0, 0.1) is 6.92 Å². The number of aliphatic hydroxyl groups is 1. The zero-order valence-corrected chi connectivity index (χ0v) is 21.0. The number of aromatic nitrogens is 2. The third kappa shape index (κ3) is 4.54. The number of carbonyl (C=O) groups excluding carboxylic acids is 2. The normalized spacial score (nSPS) is 17.2. The van der Waals surface area contributed by atoms with Crippen LogP contribution in [-0.2, 0) is 14.3 Å². The molecule has 0 spiro atoms. The number of ketones is 1. The second-order valence-electron chi connectivity index (χ2n) is 8.39. The molecule has 0 saturated carbocycles. The number of pyridine rings is 1. The van der Waals surface area contributed by atoms with Gasteiger partial charge in [-0.15, -0.1) is 0 Å². The molecule has 0 radical (unpaired) electrons. The van der Waals surface area contributed by atoms with Crippen LogP contribution in [0.1, 0.15) is 43.3 Å². The van der Waals surface area contributed by atoms with Crippen LogP contribution in [0.4, 0.5) is 0 Å². The maximum absolute atomic E-state index is 13.4. The van der Waals surface area contributed by atoms with Gasteiger partial charge >= 0.3 is 0 Å². The van der Waals surface area contributed by atoms with Gasteiger partial charge in [0.2, 0.25) is 0 Å². The predicted molar refractivity (Wildman–Crippen MR) is 134 cm³/mol. The Morgan fingerprint density at radius 1 is 1.08 bits per heavy atom. The molecule has 3 aromatic rings. The average Bonchev–Trinajstić information content (AvgIpc) is 3.33. The molecule has 1 amide bonds. The van der Waals surface area contributed by atoms with Gasteiger partial charge in [-0.05, 0) is 57.0 Å². The number of nitrogens with zero attached hydrogens (tertiary/aromatic N) is 3. The van der Waals surface area contributed by atoms with E-state index in [1.54, 1.807) is 42.8 Å². The van der Waals surface area contributed by atoms with Crippen molar-refractivity contribution in [3.63, 3.8) is 0 Å². The number of Topliss-reactive ketones (excluding diaryl/α,β-unsaturated/α-hetero) is 1.